The molecule has 1 atom stereocenters. The number of nitrogens with one attached hydrogen (secondary N) is 1. The zero-order valence-corrected chi connectivity index (χ0v) is 15.4. The highest BCUT2D eigenvalue weighted by Gasteiger charge is 2.12. The Morgan fingerprint density at radius 1 is 1.11 bits per heavy atom. The van der Waals surface area contributed by atoms with Gasteiger partial charge in [0.2, 0.25) is 5.91 Å². The number of carbonyl (C=O) groups excluding carboxylic acids is 1. The molecule has 0 fully saturated rings. The van der Waals surface area contributed by atoms with Gasteiger partial charge in [-0.2, -0.15) is 0 Å². The summed E-state index contributed by atoms with van der Waals surface area (Å²) in [6.45, 7) is 2.10. The predicted octanol–water partition coefficient (Wildman–Crippen LogP) is 4.42. The van der Waals surface area contributed by atoms with Gasteiger partial charge in [0.1, 0.15) is 29.0 Å². The quantitative estimate of drug-likeness (QED) is 0.652. The number of carbonyl (C=O) groups is 1. The average molecular weight is 388 g/mol. The third-order valence-corrected chi connectivity index (χ3v) is 4.74. The van der Waals surface area contributed by atoms with Gasteiger partial charge < -0.3 is 10.1 Å². The maximum absolute atomic E-state index is 13.0. The molecule has 1 N–H and O–H groups in total. The van der Waals surface area contributed by atoms with Crippen LogP contribution in [0.3, 0.4) is 0 Å². The Morgan fingerprint density at radius 3 is 2.41 bits per heavy atom. The Morgan fingerprint density at radius 2 is 1.74 bits per heavy atom. The highest BCUT2D eigenvalue weighted by Crippen LogP contribution is 2.17. The topological polar surface area (TPSA) is 51.2 Å². The van der Waals surface area contributed by atoms with Crippen LogP contribution in [0, 0.1) is 11.6 Å². The molecule has 0 aliphatic carbocycles. The molecule has 4 nitrogen and oxygen atoms in total. The van der Waals surface area contributed by atoms with E-state index in [9.17, 15) is 13.6 Å². The normalized spacial score (nSPS) is 11.8. The summed E-state index contributed by atoms with van der Waals surface area (Å²) in [6.07, 6.45) is 0.151. The summed E-state index contributed by atoms with van der Waals surface area (Å²) in [5.74, 6) is -0.239. The molecule has 0 aliphatic rings. The van der Waals surface area contributed by atoms with Crippen molar-refractivity contribution in [2.24, 2.45) is 0 Å². The Labute approximate surface area is 159 Å². The molecule has 0 saturated carbocycles. The minimum atomic E-state index is -0.320. The summed E-state index contributed by atoms with van der Waals surface area (Å²) in [4.78, 5) is 16.6. The number of aromatic nitrogens is 1. The fourth-order valence-corrected chi connectivity index (χ4v) is 3.17. The van der Waals surface area contributed by atoms with Crippen LogP contribution >= 0.6 is 11.3 Å². The zero-order chi connectivity index (χ0) is 19.2. The molecule has 1 amide bonds. The molecule has 0 unspecified atom stereocenters. The number of rotatable bonds is 7. The second-order valence-corrected chi connectivity index (χ2v) is 6.94. The van der Waals surface area contributed by atoms with Gasteiger partial charge in [-0.1, -0.05) is 12.1 Å². The molecule has 3 rings (SSSR count). The van der Waals surface area contributed by atoms with Gasteiger partial charge in [0.15, 0.2) is 0 Å². The van der Waals surface area contributed by atoms with Gasteiger partial charge in [0.05, 0.1) is 18.2 Å². The zero-order valence-electron chi connectivity index (χ0n) is 14.6. The van der Waals surface area contributed by atoms with Crippen molar-refractivity contribution < 1.29 is 18.3 Å². The molecule has 0 aliphatic heterocycles. The van der Waals surface area contributed by atoms with E-state index in [1.54, 1.807) is 24.3 Å². The first-order valence-corrected chi connectivity index (χ1v) is 9.24. The largest absolute Gasteiger partial charge is 0.486 e. The van der Waals surface area contributed by atoms with Crippen LogP contribution in [0.5, 0.6) is 5.75 Å². The molecule has 7 heteroatoms. The van der Waals surface area contributed by atoms with Gasteiger partial charge in [-0.15, -0.1) is 11.3 Å². The van der Waals surface area contributed by atoms with Crippen LogP contribution in [-0.4, -0.2) is 10.9 Å². The van der Waals surface area contributed by atoms with Crippen molar-refractivity contribution in [3.05, 3.63) is 81.8 Å². The Hall–Kier alpha value is -2.80. The summed E-state index contributed by atoms with van der Waals surface area (Å²) in [7, 11) is 0. The molecule has 2 aromatic carbocycles. The number of hydrogen-bond donors (Lipinski definition) is 1. The van der Waals surface area contributed by atoms with E-state index in [1.807, 2.05) is 12.3 Å². The summed E-state index contributed by atoms with van der Waals surface area (Å²) >= 11 is 1.40. The van der Waals surface area contributed by atoms with Crippen molar-refractivity contribution >= 4 is 17.2 Å². The molecule has 27 heavy (non-hydrogen) atoms. The van der Waals surface area contributed by atoms with Crippen molar-refractivity contribution in [2.45, 2.75) is 26.0 Å². The lowest BCUT2D eigenvalue weighted by Gasteiger charge is -2.13. The first kappa shape index (κ1) is 19.0. The highest BCUT2D eigenvalue weighted by molar-refractivity contribution is 7.09. The minimum absolute atomic E-state index is 0.151. The van der Waals surface area contributed by atoms with Gasteiger partial charge in [-0.3, -0.25) is 4.79 Å². The molecule has 0 bridgehead atoms. The van der Waals surface area contributed by atoms with E-state index in [4.69, 9.17) is 4.74 Å². The van der Waals surface area contributed by atoms with E-state index in [0.717, 1.165) is 10.6 Å². The van der Waals surface area contributed by atoms with E-state index >= 15 is 0 Å². The van der Waals surface area contributed by atoms with Crippen LogP contribution in [-0.2, 0) is 17.8 Å². The summed E-state index contributed by atoms with van der Waals surface area (Å²) in [5.41, 5.74) is 1.48. The first-order chi connectivity index (χ1) is 13.0. The van der Waals surface area contributed by atoms with Gasteiger partial charge >= 0.3 is 0 Å². The molecular weight excluding hydrogens is 370 g/mol. The van der Waals surface area contributed by atoms with Crippen molar-refractivity contribution in [2.75, 3.05) is 0 Å². The Kier molecular flexibility index (Phi) is 6.13. The SMILES string of the molecule is C[C@H](NC(=O)Cc1csc(COc2ccc(F)cc2)n1)c1ccc(F)cc1. The van der Waals surface area contributed by atoms with Gasteiger partial charge in [-0.05, 0) is 48.9 Å². The number of halogens is 2. The van der Waals surface area contributed by atoms with E-state index in [-0.39, 0.29) is 36.6 Å². The van der Waals surface area contributed by atoms with Crippen molar-refractivity contribution in [3.8, 4) is 5.75 Å². The summed E-state index contributed by atoms with van der Waals surface area (Å²) in [5, 5.41) is 5.41. The molecule has 1 heterocycles. The van der Waals surface area contributed by atoms with Crippen molar-refractivity contribution in [3.63, 3.8) is 0 Å². The number of nitrogens with zero attached hydrogens (tertiary/aromatic N) is 1. The van der Waals surface area contributed by atoms with Crippen LogP contribution in [0.1, 0.15) is 29.2 Å². The lowest BCUT2D eigenvalue weighted by atomic mass is 10.1. The van der Waals surface area contributed by atoms with Crippen LogP contribution < -0.4 is 10.1 Å². The molecule has 0 spiro atoms. The first-order valence-electron chi connectivity index (χ1n) is 8.36. The number of ether oxygens (including phenoxy) is 1. The van der Waals surface area contributed by atoms with Crippen LogP contribution in [0.4, 0.5) is 8.78 Å². The highest BCUT2D eigenvalue weighted by atomic mass is 32.1. The van der Waals surface area contributed by atoms with Crippen LogP contribution in [0.15, 0.2) is 53.9 Å². The van der Waals surface area contributed by atoms with E-state index in [1.165, 1.54) is 35.6 Å². The molecule has 3 aromatic rings. The monoisotopic (exact) mass is 388 g/mol. The van der Waals surface area contributed by atoms with Gasteiger partial charge in [0, 0.05) is 5.38 Å². The Balaban J connectivity index is 1.50. The molecular formula is C20H18F2N2O2S. The average Bonchev–Trinajstić information content (AvgIpc) is 3.09. The number of thiazole rings is 1. The smallest absolute Gasteiger partial charge is 0.226 e. The predicted molar refractivity (Wildman–Crippen MR) is 99.5 cm³/mol. The van der Waals surface area contributed by atoms with Gasteiger partial charge in [0.25, 0.3) is 0 Å². The third kappa shape index (κ3) is 5.59. The third-order valence-electron chi connectivity index (χ3n) is 3.86. The molecule has 1 aromatic heterocycles. The number of hydrogen-bond acceptors (Lipinski definition) is 4. The minimum Gasteiger partial charge on any atom is -0.486 e. The number of amides is 1. The second kappa shape index (κ2) is 8.73. The molecule has 0 radical (unpaired) electrons. The van der Waals surface area contributed by atoms with E-state index in [0.29, 0.717) is 11.4 Å². The summed E-state index contributed by atoms with van der Waals surface area (Å²) in [6, 6.07) is 11.6. The lowest BCUT2D eigenvalue weighted by molar-refractivity contribution is -0.121. The van der Waals surface area contributed by atoms with Gasteiger partial charge in [-0.25, -0.2) is 13.8 Å². The maximum atomic E-state index is 13.0. The lowest BCUT2D eigenvalue weighted by Crippen LogP contribution is -2.28. The van der Waals surface area contributed by atoms with Crippen LogP contribution in [0.2, 0.25) is 0 Å². The molecule has 140 valence electrons. The van der Waals surface area contributed by atoms with E-state index in [2.05, 4.69) is 10.3 Å². The van der Waals surface area contributed by atoms with Crippen LogP contribution in [0.25, 0.3) is 0 Å². The number of benzene rings is 2. The van der Waals surface area contributed by atoms with E-state index < -0.39 is 0 Å². The van der Waals surface area contributed by atoms with Crippen molar-refractivity contribution in [1.82, 2.24) is 10.3 Å². The fraction of sp³-hybridized carbons (Fsp3) is 0.200. The fourth-order valence-electron chi connectivity index (χ4n) is 2.46. The summed E-state index contributed by atoms with van der Waals surface area (Å²) < 4.78 is 31.4. The molecule has 0 saturated heterocycles. The Bertz CT molecular complexity index is 895. The standard InChI is InChI=1S/C20H18F2N2O2S/c1-13(14-2-4-15(21)5-3-14)23-19(25)10-17-12-27-20(24-17)11-26-18-8-6-16(22)7-9-18/h2-9,12-13H,10-11H2,1H3,(H,23,25)/t13-/m0/s1. The maximum Gasteiger partial charge on any atom is 0.226 e. The second-order valence-electron chi connectivity index (χ2n) is 5.99. The van der Waals surface area contributed by atoms with Crippen molar-refractivity contribution in [1.29, 1.82) is 0 Å².